The number of nitrogens with zero attached hydrogens (tertiary/aromatic N) is 1. The fourth-order valence-corrected chi connectivity index (χ4v) is 2.76. The van der Waals surface area contributed by atoms with Crippen LogP contribution in [0.4, 0.5) is 5.69 Å². The fourth-order valence-electron chi connectivity index (χ4n) is 2.76. The van der Waals surface area contributed by atoms with Crippen molar-refractivity contribution in [3.8, 4) is 0 Å². The van der Waals surface area contributed by atoms with E-state index in [1.54, 1.807) is 24.3 Å². The lowest BCUT2D eigenvalue weighted by molar-refractivity contribution is -0.114. The summed E-state index contributed by atoms with van der Waals surface area (Å²) >= 11 is 0. The first-order valence-corrected chi connectivity index (χ1v) is 7.50. The van der Waals surface area contributed by atoms with Crippen LogP contribution in [-0.2, 0) is 4.79 Å². The molecular weight excluding hydrogens is 266 g/mol. The molecule has 1 aliphatic rings. The lowest BCUT2D eigenvalue weighted by Gasteiger charge is -2.22. The van der Waals surface area contributed by atoms with Gasteiger partial charge < -0.3 is 10.6 Å². The number of nitrogens with one attached hydrogen (secondary N) is 2. The summed E-state index contributed by atoms with van der Waals surface area (Å²) in [6.45, 7) is 6.47. The van der Waals surface area contributed by atoms with Gasteiger partial charge in [0.25, 0.3) is 5.91 Å². The molecule has 5 nitrogen and oxygen atoms in total. The topological polar surface area (TPSA) is 61.4 Å². The molecule has 1 unspecified atom stereocenters. The summed E-state index contributed by atoms with van der Waals surface area (Å²) in [4.78, 5) is 25.5. The van der Waals surface area contributed by atoms with Gasteiger partial charge >= 0.3 is 0 Å². The summed E-state index contributed by atoms with van der Waals surface area (Å²) in [6, 6.07) is 7.39. The molecule has 2 N–H and O–H groups in total. The molecule has 114 valence electrons. The third kappa shape index (κ3) is 4.29. The molecule has 0 radical (unpaired) electrons. The Morgan fingerprint density at radius 3 is 2.62 bits per heavy atom. The minimum Gasteiger partial charge on any atom is -0.350 e. The fraction of sp³-hybridized carbons (Fsp3) is 0.500. The van der Waals surface area contributed by atoms with Crippen LogP contribution in [0.25, 0.3) is 0 Å². The van der Waals surface area contributed by atoms with Crippen molar-refractivity contribution in [3.63, 3.8) is 0 Å². The van der Waals surface area contributed by atoms with Crippen LogP contribution in [0.2, 0.25) is 0 Å². The van der Waals surface area contributed by atoms with Crippen LogP contribution in [0.3, 0.4) is 0 Å². The molecule has 2 amide bonds. The number of anilines is 1. The Kier molecular flexibility index (Phi) is 5.33. The SMILES string of the molecule is CCN1CCCC1CNC(=O)c1ccc(NC(C)=O)cc1. The Balaban J connectivity index is 1.87. The molecule has 1 fully saturated rings. The van der Waals surface area contributed by atoms with Crippen molar-refractivity contribution in [2.24, 2.45) is 0 Å². The number of carbonyl (C=O) groups is 2. The van der Waals surface area contributed by atoms with Gasteiger partial charge in [-0.2, -0.15) is 0 Å². The number of likely N-dealkylation sites (tertiary alicyclic amines) is 1. The monoisotopic (exact) mass is 289 g/mol. The van der Waals surface area contributed by atoms with E-state index in [4.69, 9.17) is 0 Å². The van der Waals surface area contributed by atoms with Gasteiger partial charge in [0.2, 0.25) is 5.91 Å². The summed E-state index contributed by atoms with van der Waals surface area (Å²) in [5, 5.41) is 5.68. The normalized spacial score (nSPS) is 18.5. The van der Waals surface area contributed by atoms with Crippen molar-refractivity contribution >= 4 is 17.5 Å². The minimum absolute atomic E-state index is 0.0627. The van der Waals surface area contributed by atoms with Crippen molar-refractivity contribution in [1.29, 1.82) is 0 Å². The predicted octanol–water partition coefficient (Wildman–Crippen LogP) is 1.86. The zero-order valence-electron chi connectivity index (χ0n) is 12.7. The number of rotatable bonds is 5. The maximum Gasteiger partial charge on any atom is 0.251 e. The highest BCUT2D eigenvalue weighted by Crippen LogP contribution is 2.16. The zero-order chi connectivity index (χ0) is 15.2. The molecule has 5 heteroatoms. The Labute approximate surface area is 125 Å². The third-order valence-corrected chi connectivity index (χ3v) is 3.87. The summed E-state index contributed by atoms with van der Waals surface area (Å²) in [5.74, 6) is -0.180. The molecule has 0 bridgehead atoms. The molecule has 1 aliphatic heterocycles. The lowest BCUT2D eigenvalue weighted by Crippen LogP contribution is -2.40. The Bertz CT molecular complexity index is 499. The minimum atomic E-state index is -0.118. The summed E-state index contributed by atoms with van der Waals surface area (Å²) in [7, 11) is 0. The quantitative estimate of drug-likeness (QED) is 0.870. The summed E-state index contributed by atoms with van der Waals surface area (Å²) < 4.78 is 0. The van der Waals surface area contributed by atoms with Crippen molar-refractivity contribution < 1.29 is 9.59 Å². The molecular formula is C16H23N3O2. The molecule has 2 rings (SSSR count). The highest BCUT2D eigenvalue weighted by molar-refractivity contribution is 5.95. The summed E-state index contributed by atoms with van der Waals surface area (Å²) in [6.07, 6.45) is 2.36. The van der Waals surface area contributed by atoms with E-state index in [2.05, 4.69) is 22.5 Å². The van der Waals surface area contributed by atoms with Crippen LogP contribution in [-0.4, -0.2) is 42.4 Å². The van der Waals surface area contributed by atoms with E-state index in [1.165, 1.54) is 13.3 Å². The molecule has 1 saturated heterocycles. The van der Waals surface area contributed by atoms with Gasteiger partial charge in [0.15, 0.2) is 0 Å². The molecule has 1 aromatic rings. The van der Waals surface area contributed by atoms with Gasteiger partial charge in [0.05, 0.1) is 0 Å². The number of carbonyl (C=O) groups excluding carboxylic acids is 2. The Morgan fingerprint density at radius 1 is 1.29 bits per heavy atom. The third-order valence-electron chi connectivity index (χ3n) is 3.87. The number of benzene rings is 1. The van der Waals surface area contributed by atoms with Crippen molar-refractivity contribution in [3.05, 3.63) is 29.8 Å². The first-order chi connectivity index (χ1) is 10.1. The van der Waals surface area contributed by atoms with E-state index in [0.717, 1.165) is 19.5 Å². The number of hydrogen-bond donors (Lipinski definition) is 2. The van der Waals surface area contributed by atoms with Crippen LogP contribution in [0, 0.1) is 0 Å². The first-order valence-electron chi connectivity index (χ1n) is 7.50. The van der Waals surface area contributed by atoms with Crippen LogP contribution in [0.5, 0.6) is 0 Å². The zero-order valence-corrected chi connectivity index (χ0v) is 12.7. The lowest BCUT2D eigenvalue weighted by atomic mass is 10.1. The van der Waals surface area contributed by atoms with Crippen LogP contribution < -0.4 is 10.6 Å². The van der Waals surface area contributed by atoms with Crippen molar-refractivity contribution in [2.75, 3.05) is 25.0 Å². The second-order valence-electron chi connectivity index (χ2n) is 5.39. The Morgan fingerprint density at radius 2 is 2.00 bits per heavy atom. The largest absolute Gasteiger partial charge is 0.350 e. The second kappa shape index (κ2) is 7.22. The van der Waals surface area contributed by atoms with Gasteiger partial charge in [-0.15, -0.1) is 0 Å². The van der Waals surface area contributed by atoms with Gasteiger partial charge in [-0.1, -0.05) is 6.92 Å². The van der Waals surface area contributed by atoms with Crippen LogP contribution in [0.1, 0.15) is 37.0 Å². The first kappa shape index (κ1) is 15.5. The summed E-state index contributed by atoms with van der Waals surface area (Å²) in [5.41, 5.74) is 1.32. The average molecular weight is 289 g/mol. The van der Waals surface area contributed by atoms with E-state index in [-0.39, 0.29) is 11.8 Å². The average Bonchev–Trinajstić information content (AvgIpc) is 2.92. The molecule has 0 saturated carbocycles. The predicted molar refractivity (Wildman–Crippen MR) is 83.3 cm³/mol. The van der Waals surface area contributed by atoms with Gasteiger partial charge in [0, 0.05) is 30.8 Å². The molecule has 0 spiro atoms. The number of hydrogen-bond acceptors (Lipinski definition) is 3. The molecule has 1 atom stereocenters. The van der Waals surface area contributed by atoms with Gasteiger partial charge in [-0.05, 0) is 50.2 Å². The highest BCUT2D eigenvalue weighted by atomic mass is 16.2. The number of amides is 2. The van der Waals surface area contributed by atoms with E-state index < -0.39 is 0 Å². The molecule has 0 aliphatic carbocycles. The molecule has 1 aromatic carbocycles. The van der Waals surface area contributed by atoms with Crippen LogP contribution >= 0.6 is 0 Å². The van der Waals surface area contributed by atoms with E-state index >= 15 is 0 Å². The standard InChI is InChI=1S/C16H23N3O2/c1-3-19-10-4-5-15(19)11-17-16(21)13-6-8-14(9-7-13)18-12(2)20/h6-9,15H,3-5,10-11H2,1-2H3,(H,17,21)(H,18,20). The Hall–Kier alpha value is -1.88. The van der Waals surface area contributed by atoms with Crippen molar-refractivity contribution in [1.82, 2.24) is 10.2 Å². The highest BCUT2D eigenvalue weighted by Gasteiger charge is 2.23. The van der Waals surface area contributed by atoms with Gasteiger partial charge in [-0.25, -0.2) is 0 Å². The van der Waals surface area contributed by atoms with Gasteiger partial charge in [-0.3, -0.25) is 14.5 Å². The number of likely N-dealkylation sites (N-methyl/N-ethyl adjacent to an activating group) is 1. The second-order valence-corrected chi connectivity index (χ2v) is 5.39. The van der Waals surface area contributed by atoms with Crippen molar-refractivity contribution in [2.45, 2.75) is 32.7 Å². The molecule has 1 heterocycles. The molecule has 21 heavy (non-hydrogen) atoms. The smallest absolute Gasteiger partial charge is 0.251 e. The maximum absolute atomic E-state index is 12.1. The van der Waals surface area contributed by atoms with Crippen LogP contribution in [0.15, 0.2) is 24.3 Å². The van der Waals surface area contributed by atoms with E-state index in [9.17, 15) is 9.59 Å². The molecule has 0 aromatic heterocycles. The van der Waals surface area contributed by atoms with E-state index in [1.807, 2.05) is 0 Å². The van der Waals surface area contributed by atoms with Gasteiger partial charge in [0.1, 0.15) is 0 Å². The van der Waals surface area contributed by atoms with E-state index in [0.29, 0.717) is 23.8 Å². The maximum atomic E-state index is 12.1.